The first-order chi connectivity index (χ1) is 8.08. The van der Waals surface area contributed by atoms with Crippen LogP contribution >= 0.6 is 0 Å². The van der Waals surface area contributed by atoms with E-state index in [4.69, 9.17) is 0 Å². The number of amides is 1. The maximum atomic E-state index is 12.0. The minimum atomic E-state index is 0.176. The largest absolute Gasteiger partial charge is 0.335 e. The number of likely N-dealkylation sites (tertiary alicyclic amines) is 1. The molecule has 1 saturated carbocycles. The van der Waals surface area contributed by atoms with Gasteiger partial charge in [0.1, 0.15) is 0 Å². The normalized spacial score (nSPS) is 26.2. The molecule has 0 N–H and O–H groups in total. The molecule has 0 aromatic rings. The van der Waals surface area contributed by atoms with Crippen molar-refractivity contribution in [2.45, 2.75) is 46.0 Å². The van der Waals surface area contributed by atoms with Crippen LogP contribution in [-0.4, -0.2) is 29.7 Å². The summed E-state index contributed by atoms with van der Waals surface area (Å²) in [5.74, 6) is 1.68. The third-order valence-corrected chi connectivity index (χ3v) is 4.34. The van der Waals surface area contributed by atoms with Gasteiger partial charge in [-0.2, -0.15) is 0 Å². The zero-order chi connectivity index (χ0) is 12.4. The molecule has 0 aromatic heterocycles. The summed E-state index contributed by atoms with van der Waals surface area (Å²) in [5.41, 5.74) is 0. The molecule has 17 heavy (non-hydrogen) atoms. The quantitative estimate of drug-likeness (QED) is 0.752. The van der Waals surface area contributed by atoms with E-state index in [-0.39, 0.29) is 11.8 Å². The van der Waals surface area contributed by atoms with Crippen LogP contribution in [0.2, 0.25) is 0 Å². The first-order valence-corrected chi connectivity index (χ1v) is 6.88. The van der Waals surface area contributed by atoms with E-state index < -0.39 is 0 Å². The lowest BCUT2D eigenvalue weighted by atomic mass is 9.95. The molecular formula is C14H23NO2. The molecule has 0 aromatic carbocycles. The average Bonchev–Trinajstić information content (AvgIpc) is 2.88. The Morgan fingerprint density at radius 1 is 1.35 bits per heavy atom. The lowest BCUT2D eigenvalue weighted by Gasteiger charge is -2.19. The summed E-state index contributed by atoms with van der Waals surface area (Å²) in [4.78, 5) is 25.6. The first kappa shape index (κ1) is 12.6. The predicted molar refractivity (Wildman–Crippen MR) is 66.5 cm³/mol. The van der Waals surface area contributed by atoms with Crippen LogP contribution < -0.4 is 0 Å². The van der Waals surface area contributed by atoms with Crippen LogP contribution in [0.25, 0.3) is 0 Å². The zero-order valence-electron chi connectivity index (χ0n) is 10.9. The molecule has 3 nitrogen and oxygen atoms in total. The maximum Gasteiger partial charge on any atom is 0.223 e. The summed E-state index contributed by atoms with van der Waals surface area (Å²) in [5, 5.41) is 0. The minimum Gasteiger partial charge on any atom is -0.335 e. The van der Waals surface area contributed by atoms with Gasteiger partial charge in [-0.1, -0.05) is 26.7 Å². The van der Waals surface area contributed by atoms with E-state index in [1.165, 1.54) is 12.8 Å². The number of Topliss-reactive ketones (excluding diaryl/α,β-unsaturated/α-hetero) is 1. The molecule has 96 valence electrons. The van der Waals surface area contributed by atoms with E-state index in [1.54, 1.807) is 4.90 Å². The number of hydrogen-bond acceptors (Lipinski definition) is 2. The van der Waals surface area contributed by atoms with Gasteiger partial charge in [-0.05, 0) is 24.7 Å². The molecule has 1 aliphatic carbocycles. The Bertz CT molecular complexity index is 305. The summed E-state index contributed by atoms with van der Waals surface area (Å²) in [6, 6.07) is 0. The van der Waals surface area contributed by atoms with Crippen LogP contribution in [0.15, 0.2) is 0 Å². The SMILES string of the molecule is CC(C)C1CC(=O)N(CC(=O)C2CCCC2)C1. The van der Waals surface area contributed by atoms with E-state index in [9.17, 15) is 9.59 Å². The topological polar surface area (TPSA) is 37.4 Å². The Hall–Kier alpha value is -0.860. The van der Waals surface area contributed by atoms with E-state index in [0.29, 0.717) is 30.6 Å². The van der Waals surface area contributed by atoms with Crippen molar-refractivity contribution >= 4 is 11.7 Å². The van der Waals surface area contributed by atoms with Gasteiger partial charge < -0.3 is 4.90 Å². The smallest absolute Gasteiger partial charge is 0.223 e. The van der Waals surface area contributed by atoms with Crippen molar-refractivity contribution in [3.05, 3.63) is 0 Å². The van der Waals surface area contributed by atoms with Crippen molar-refractivity contribution in [2.24, 2.45) is 17.8 Å². The second-order valence-corrected chi connectivity index (χ2v) is 5.93. The fourth-order valence-electron chi connectivity index (χ4n) is 2.97. The molecule has 1 atom stereocenters. The first-order valence-electron chi connectivity index (χ1n) is 6.88. The number of rotatable bonds is 4. The van der Waals surface area contributed by atoms with Crippen molar-refractivity contribution in [1.82, 2.24) is 4.90 Å². The van der Waals surface area contributed by atoms with Gasteiger partial charge in [-0.25, -0.2) is 0 Å². The fraction of sp³-hybridized carbons (Fsp3) is 0.857. The zero-order valence-corrected chi connectivity index (χ0v) is 10.9. The maximum absolute atomic E-state index is 12.0. The average molecular weight is 237 g/mol. The molecule has 2 rings (SSSR count). The molecule has 2 aliphatic rings. The molecule has 0 spiro atoms. The summed E-state index contributed by atoms with van der Waals surface area (Å²) < 4.78 is 0. The second-order valence-electron chi connectivity index (χ2n) is 5.93. The highest BCUT2D eigenvalue weighted by Gasteiger charge is 2.34. The Morgan fingerprint density at radius 2 is 2.00 bits per heavy atom. The van der Waals surface area contributed by atoms with Crippen molar-refractivity contribution in [3.63, 3.8) is 0 Å². The van der Waals surface area contributed by atoms with E-state index in [1.807, 2.05) is 0 Å². The molecule has 1 aliphatic heterocycles. The van der Waals surface area contributed by atoms with Crippen molar-refractivity contribution < 1.29 is 9.59 Å². The van der Waals surface area contributed by atoms with Gasteiger partial charge in [0.15, 0.2) is 5.78 Å². The highest BCUT2D eigenvalue weighted by molar-refractivity contribution is 5.88. The Kier molecular flexibility index (Phi) is 3.85. The second kappa shape index (κ2) is 5.19. The third kappa shape index (κ3) is 2.88. The molecule has 1 unspecified atom stereocenters. The highest BCUT2D eigenvalue weighted by atomic mass is 16.2. The van der Waals surface area contributed by atoms with Gasteiger partial charge in [0, 0.05) is 18.9 Å². The van der Waals surface area contributed by atoms with Crippen LogP contribution in [0.1, 0.15) is 46.0 Å². The summed E-state index contributed by atoms with van der Waals surface area (Å²) in [6.45, 7) is 5.46. The van der Waals surface area contributed by atoms with Crippen LogP contribution in [0.5, 0.6) is 0 Å². The number of nitrogens with zero attached hydrogens (tertiary/aromatic N) is 1. The van der Waals surface area contributed by atoms with Crippen LogP contribution in [0, 0.1) is 17.8 Å². The number of hydrogen-bond donors (Lipinski definition) is 0. The van der Waals surface area contributed by atoms with E-state index in [0.717, 1.165) is 19.4 Å². The van der Waals surface area contributed by atoms with Crippen LogP contribution in [-0.2, 0) is 9.59 Å². The minimum absolute atomic E-state index is 0.176. The van der Waals surface area contributed by atoms with Gasteiger partial charge in [-0.15, -0.1) is 0 Å². The monoisotopic (exact) mass is 237 g/mol. The fourth-order valence-corrected chi connectivity index (χ4v) is 2.97. The lowest BCUT2D eigenvalue weighted by molar-refractivity contribution is -0.133. The molecular weight excluding hydrogens is 214 g/mol. The molecule has 1 amide bonds. The van der Waals surface area contributed by atoms with Crippen molar-refractivity contribution in [3.8, 4) is 0 Å². The van der Waals surface area contributed by atoms with Crippen LogP contribution in [0.4, 0.5) is 0 Å². The van der Waals surface area contributed by atoms with E-state index >= 15 is 0 Å². The summed E-state index contributed by atoms with van der Waals surface area (Å²) in [6.07, 6.45) is 5.07. The predicted octanol–water partition coefficient (Wildman–Crippen LogP) is 2.25. The Balaban J connectivity index is 1.86. The molecule has 2 fully saturated rings. The molecule has 0 radical (unpaired) electrons. The summed E-state index contributed by atoms with van der Waals surface area (Å²) in [7, 11) is 0. The van der Waals surface area contributed by atoms with Gasteiger partial charge in [0.25, 0.3) is 0 Å². The highest BCUT2D eigenvalue weighted by Crippen LogP contribution is 2.28. The van der Waals surface area contributed by atoms with Gasteiger partial charge >= 0.3 is 0 Å². The molecule has 1 heterocycles. The van der Waals surface area contributed by atoms with E-state index in [2.05, 4.69) is 13.8 Å². The number of carbonyl (C=O) groups excluding carboxylic acids is 2. The van der Waals surface area contributed by atoms with Gasteiger partial charge in [0.05, 0.1) is 6.54 Å². The molecule has 1 saturated heterocycles. The Labute approximate surface area is 104 Å². The number of ketones is 1. The summed E-state index contributed by atoms with van der Waals surface area (Å²) >= 11 is 0. The number of carbonyl (C=O) groups is 2. The Morgan fingerprint density at radius 3 is 2.53 bits per heavy atom. The van der Waals surface area contributed by atoms with Crippen LogP contribution in [0.3, 0.4) is 0 Å². The van der Waals surface area contributed by atoms with Crippen molar-refractivity contribution in [1.29, 1.82) is 0 Å². The lowest BCUT2D eigenvalue weighted by Crippen LogP contribution is -2.34. The van der Waals surface area contributed by atoms with Crippen molar-refractivity contribution in [2.75, 3.05) is 13.1 Å². The van der Waals surface area contributed by atoms with Gasteiger partial charge in [0.2, 0.25) is 5.91 Å². The molecule has 3 heteroatoms. The standard InChI is InChI=1S/C14H23NO2/c1-10(2)12-7-14(17)15(8-12)9-13(16)11-5-3-4-6-11/h10-12H,3-9H2,1-2H3. The molecule has 0 bridgehead atoms. The third-order valence-electron chi connectivity index (χ3n) is 4.34. The van der Waals surface area contributed by atoms with Gasteiger partial charge in [-0.3, -0.25) is 9.59 Å².